The molecule has 7 rings (SSSR count). The molecule has 3 aromatic heterocycles. The molecule has 0 aliphatic heterocycles. The molecule has 8 nitrogen and oxygen atoms in total. The van der Waals surface area contributed by atoms with Gasteiger partial charge in [-0.3, -0.25) is 0 Å². The molecule has 1 aliphatic carbocycles. The van der Waals surface area contributed by atoms with Crippen LogP contribution in [0.4, 0.5) is 10.2 Å². The standard InChI is InChI=1S/C35H29FN6O2/c36-30-15-7-6-12-26(30)21-42-34-28(14-8-18-37-34)31(41-42)33-39-20-29(23-16-17-23)32(40-33)38-19-25-11-4-5-13-27(25)22-44-35(43)24-9-2-1-3-10-24/h1-15,18,20,23H,16-17,19,21-22H2,(H,38,39,40). The second-order valence-electron chi connectivity index (χ2n) is 10.8. The molecule has 0 unspecified atom stereocenters. The van der Waals surface area contributed by atoms with Crippen LogP contribution in [0.25, 0.3) is 22.6 Å². The Hall–Kier alpha value is -5.44. The second-order valence-corrected chi connectivity index (χ2v) is 10.8. The van der Waals surface area contributed by atoms with Crippen LogP contribution in [0.5, 0.6) is 0 Å². The van der Waals surface area contributed by atoms with Crippen LogP contribution in [0.1, 0.15) is 51.4 Å². The third-order valence-electron chi connectivity index (χ3n) is 7.76. The highest BCUT2D eigenvalue weighted by molar-refractivity contribution is 5.90. The third kappa shape index (κ3) is 5.76. The first kappa shape index (κ1) is 27.4. The average molecular weight is 585 g/mol. The van der Waals surface area contributed by atoms with Crippen LogP contribution in [-0.2, 0) is 24.4 Å². The monoisotopic (exact) mass is 584 g/mol. The Morgan fingerprint density at radius 2 is 1.64 bits per heavy atom. The Kier molecular flexibility index (Phi) is 7.50. The molecule has 0 spiro atoms. The van der Waals surface area contributed by atoms with Crippen LogP contribution in [0, 0.1) is 5.82 Å². The summed E-state index contributed by atoms with van der Waals surface area (Å²) in [4.78, 5) is 26.8. The maximum atomic E-state index is 14.5. The second kappa shape index (κ2) is 12.0. The Labute approximate surface area is 253 Å². The van der Waals surface area contributed by atoms with Crippen molar-refractivity contribution in [3.05, 3.63) is 137 Å². The molecule has 218 valence electrons. The lowest BCUT2D eigenvalue weighted by atomic mass is 10.1. The van der Waals surface area contributed by atoms with Crippen molar-refractivity contribution < 1.29 is 13.9 Å². The summed E-state index contributed by atoms with van der Waals surface area (Å²) in [5, 5.41) is 9.13. The van der Waals surface area contributed by atoms with Crippen molar-refractivity contribution in [2.45, 2.75) is 38.5 Å². The molecule has 1 saturated carbocycles. The SMILES string of the molecule is O=C(OCc1ccccc1CNc1nc(-c2nn(Cc3ccccc3F)c3ncccc23)ncc1C1CC1)c1ccccc1. The van der Waals surface area contributed by atoms with Gasteiger partial charge in [0.2, 0.25) is 0 Å². The zero-order valence-corrected chi connectivity index (χ0v) is 23.9. The average Bonchev–Trinajstić information content (AvgIpc) is 3.86. The van der Waals surface area contributed by atoms with Gasteiger partial charge in [0.25, 0.3) is 0 Å². The van der Waals surface area contributed by atoms with E-state index in [1.165, 1.54) is 6.07 Å². The zero-order valence-electron chi connectivity index (χ0n) is 23.9. The molecule has 0 radical (unpaired) electrons. The maximum Gasteiger partial charge on any atom is 0.338 e. The first-order valence-electron chi connectivity index (χ1n) is 14.6. The van der Waals surface area contributed by atoms with Gasteiger partial charge >= 0.3 is 5.97 Å². The molecule has 1 fully saturated rings. The van der Waals surface area contributed by atoms with Crippen molar-refractivity contribution in [1.29, 1.82) is 0 Å². The summed E-state index contributed by atoms with van der Waals surface area (Å²) in [7, 11) is 0. The fourth-order valence-corrected chi connectivity index (χ4v) is 5.26. The number of fused-ring (bicyclic) bond motifs is 1. The summed E-state index contributed by atoms with van der Waals surface area (Å²) in [6, 6.07) is 27.3. The van der Waals surface area contributed by atoms with Crippen molar-refractivity contribution in [3.8, 4) is 11.5 Å². The number of anilines is 1. The predicted octanol–water partition coefficient (Wildman–Crippen LogP) is 6.92. The number of esters is 1. The van der Waals surface area contributed by atoms with E-state index in [2.05, 4.69) is 10.3 Å². The summed E-state index contributed by atoms with van der Waals surface area (Å²) < 4.78 is 21.8. The van der Waals surface area contributed by atoms with E-state index in [9.17, 15) is 9.18 Å². The molecule has 6 aromatic rings. The van der Waals surface area contributed by atoms with Gasteiger partial charge in [-0.05, 0) is 60.2 Å². The van der Waals surface area contributed by atoms with Crippen LogP contribution < -0.4 is 5.32 Å². The Morgan fingerprint density at radius 1 is 0.886 bits per heavy atom. The summed E-state index contributed by atoms with van der Waals surface area (Å²) in [6.45, 7) is 0.880. The molecule has 1 N–H and O–H groups in total. The molecule has 1 aliphatic rings. The van der Waals surface area contributed by atoms with Crippen LogP contribution in [0.3, 0.4) is 0 Å². The Morgan fingerprint density at radius 3 is 2.43 bits per heavy atom. The topological polar surface area (TPSA) is 94.8 Å². The van der Waals surface area contributed by atoms with Crippen molar-refractivity contribution in [2.75, 3.05) is 5.32 Å². The molecular weight excluding hydrogens is 555 g/mol. The van der Waals surface area contributed by atoms with Crippen LogP contribution in [0.2, 0.25) is 0 Å². The van der Waals surface area contributed by atoms with Gasteiger partial charge in [0.05, 0.1) is 17.5 Å². The van der Waals surface area contributed by atoms with Gasteiger partial charge in [-0.2, -0.15) is 5.10 Å². The quantitative estimate of drug-likeness (QED) is 0.175. The van der Waals surface area contributed by atoms with Crippen LogP contribution in [-0.4, -0.2) is 30.7 Å². The Bertz CT molecular complexity index is 1950. The first-order valence-corrected chi connectivity index (χ1v) is 14.6. The first-order chi connectivity index (χ1) is 21.6. The minimum absolute atomic E-state index is 0.161. The van der Waals surface area contributed by atoms with E-state index in [1.54, 1.807) is 35.1 Å². The summed E-state index contributed by atoms with van der Waals surface area (Å²) >= 11 is 0. The van der Waals surface area contributed by atoms with E-state index in [4.69, 9.17) is 19.8 Å². The smallest absolute Gasteiger partial charge is 0.338 e. The number of halogens is 1. The zero-order chi connectivity index (χ0) is 29.9. The highest BCUT2D eigenvalue weighted by atomic mass is 19.1. The summed E-state index contributed by atoms with van der Waals surface area (Å²) in [5.41, 5.74) is 5.24. The molecule has 44 heavy (non-hydrogen) atoms. The number of carbonyl (C=O) groups excluding carboxylic acids is 1. The molecule has 0 atom stereocenters. The third-order valence-corrected chi connectivity index (χ3v) is 7.76. The van der Waals surface area contributed by atoms with E-state index in [0.29, 0.717) is 40.8 Å². The van der Waals surface area contributed by atoms with Gasteiger partial charge in [-0.15, -0.1) is 0 Å². The lowest BCUT2D eigenvalue weighted by molar-refractivity contribution is 0.0472. The van der Waals surface area contributed by atoms with Crippen LogP contribution in [0.15, 0.2) is 103 Å². The van der Waals surface area contributed by atoms with Crippen molar-refractivity contribution in [2.24, 2.45) is 0 Å². The van der Waals surface area contributed by atoms with Gasteiger partial charge in [0.1, 0.15) is 23.9 Å². The highest BCUT2D eigenvalue weighted by Crippen LogP contribution is 2.43. The van der Waals surface area contributed by atoms with Gasteiger partial charge in [-0.1, -0.05) is 60.7 Å². The van der Waals surface area contributed by atoms with Crippen molar-refractivity contribution in [3.63, 3.8) is 0 Å². The van der Waals surface area contributed by atoms with Crippen LogP contribution >= 0.6 is 0 Å². The molecule has 9 heteroatoms. The molecule has 0 saturated heterocycles. The number of ether oxygens (including phenoxy) is 1. The largest absolute Gasteiger partial charge is 0.457 e. The van der Waals surface area contributed by atoms with E-state index in [0.717, 1.165) is 40.7 Å². The number of nitrogens with one attached hydrogen (secondary N) is 1. The molecule has 0 bridgehead atoms. The fraction of sp³-hybridized carbons (Fsp3) is 0.171. The minimum Gasteiger partial charge on any atom is -0.457 e. The summed E-state index contributed by atoms with van der Waals surface area (Å²) in [6.07, 6.45) is 5.76. The summed E-state index contributed by atoms with van der Waals surface area (Å²) in [5.74, 6) is 0.966. The van der Waals surface area contributed by atoms with E-state index >= 15 is 0 Å². The van der Waals surface area contributed by atoms with Crippen molar-refractivity contribution in [1.82, 2.24) is 24.7 Å². The molecular formula is C35H29FN6O2. The van der Waals surface area contributed by atoms with Gasteiger partial charge in [-0.25, -0.2) is 28.8 Å². The Balaban J connectivity index is 1.16. The number of nitrogens with zero attached hydrogens (tertiary/aromatic N) is 5. The number of rotatable bonds is 10. The van der Waals surface area contributed by atoms with Gasteiger partial charge in [0.15, 0.2) is 11.5 Å². The molecule has 0 amide bonds. The normalized spacial score (nSPS) is 12.8. The lowest BCUT2D eigenvalue weighted by Crippen LogP contribution is -2.10. The van der Waals surface area contributed by atoms with E-state index in [1.807, 2.05) is 66.9 Å². The fourth-order valence-electron chi connectivity index (χ4n) is 5.26. The van der Waals surface area contributed by atoms with E-state index in [-0.39, 0.29) is 24.9 Å². The predicted molar refractivity (Wildman–Crippen MR) is 165 cm³/mol. The number of benzene rings is 3. The van der Waals surface area contributed by atoms with Gasteiger partial charge < -0.3 is 10.1 Å². The number of hydrogen-bond donors (Lipinski definition) is 1. The number of pyridine rings is 1. The van der Waals surface area contributed by atoms with Crippen molar-refractivity contribution >= 4 is 22.8 Å². The number of carbonyl (C=O) groups is 1. The van der Waals surface area contributed by atoms with Gasteiger partial charge in [0, 0.05) is 30.1 Å². The minimum atomic E-state index is -0.360. The molecule has 3 heterocycles. The molecule has 3 aromatic carbocycles. The lowest BCUT2D eigenvalue weighted by Gasteiger charge is -2.14. The number of hydrogen-bond acceptors (Lipinski definition) is 7. The highest BCUT2D eigenvalue weighted by Gasteiger charge is 2.28. The maximum absolute atomic E-state index is 14.5. The number of aromatic nitrogens is 5. The van der Waals surface area contributed by atoms with E-state index < -0.39 is 0 Å².